The van der Waals surface area contributed by atoms with Crippen molar-refractivity contribution >= 4 is 45.0 Å². The van der Waals surface area contributed by atoms with Crippen molar-refractivity contribution in [3.05, 3.63) is 27.8 Å². The van der Waals surface area contributed by atoms with Crippen LogP contribution in [0.1, 0.15) is 19.8 Å². The predicted octanol–water partition coefficient (Wildman–Crippen LogP) is 2.48. The van der Waals surface area contributed by atoms with Crippen LogP contribution in [0.25, 0.3) is 0 Å². The highest BCUT2D eigenvalue weighted by Gasteiger charge is 2.32. The van der Waals surface area contributed by atoms with Gasteiger partial charge in [0, 0.05) is 22.7 Å². The molecule has 20 heavy (non-hydrogen) atoms. The predicted molar refractivity (Wildman–Crippen MR) is 91.9 cm³/mol. The van der Waals surface area contributed by atoms with Crippen LogP contribution in [0.4, 0.5) is 0 Å². The van der Waals surface area contributed by atoms with Gasteiger partial charge in [0.25, 0.3) is 0 Å². The normalized spacial score (nSPS) is 19.1. The molecule has 1 unspecified atom stereocenters. The van der Waals surface area contributed by atoms with Crippen molar-refractivity contribution < 1.29 is 8.42 Å². The van der Waals surface area contributed by atoms with Gasteiger partial charge in [-0.2, -0.15) is 4.31 Å². The van der Waals surface area contributed by atoms with Crippen molar-refractivity contribution in [3.8, 4) is 0 Å². The quantitative estimate of drug-likeness (QED) is 0.730. The first-order valence-corrected chi connectivity index (χ1v) is 9.05. The molecule has 0 saturated carbocycles. The fourth-order valence-corrected chi connectivity index (χ4v) is 4.91. The molecule has 0 aliphatic carbocycles. The molecule has 1 N–H and O–H groups in total. The number of hydrogen-bond donors (Lipinski definition) is 1. The number of hydrogen-bond acceptors (Lipinski definition) is 3. The highest BCUT2D eigenvalue weighted by Crippen LogP contribution is 2.22. The Morgan fingerprint density at radius 3 is 2.75 bits per heavy atom. The lowest BCUT2D eigenvalue weighted by molar-refractivity contribution is 0.335. The number of nitrogens with zero attached hydrogens (tertiary/aromatic N) is 1. The topological polar surface area (TPSA) is 49.4 Å². The van der Waals surface area contributed by atoms with E-state index in [1.54, 1.807) is 22.5 Å². The van der Waals surface area contributed by atoms with E-state index in [9.17, 15) is 8.42 Å². The Hall–Kier alpha value is 0.110. The summed E-state index contributed by atoms with van der Waals surface area (Å²) in [5, 5.41) is 3.24. The summed E-state index contributed by atoms with van der Waals surface area (Å²) in [6.07, 6.45) is 1.73. The molecule has 1 heterocycles. The fraction of sp³-hybridized carbons (Fsp3) is 0.538. The van der Waals surface area contributed by atoms with Crippen LogP contribution in [0.2, 0.25) is 0 Å². The lowest BCUT2D eigenvalue weighted by atomic mass is 10.2. The summed E-state index contributed by atoms with van der Waals surface area (Å²) in [4.78, 5) is 0.403. The van der Waals surface area contributed by atoms with Crippen molar-refractivity contribution in [3.63, 3.8) is 0 Å². The maximum atomic E-state index is 12.8. The van der Waals surface area contributed by atoms with Gasteiger partial charge in [0.05, 0.1) is 4.90 Å². The van der Waals surface area contributed by atoms with Crippen LogP contribution in [0, 0.1) is 3.57 Å². The summed E-state index contributed by atoms with van der Waals surface area (Å²) in [7, 11) is -3.38. The molecule has 4 nitrogen and oxygen atoms in total. The van der Waals surface area contributed by atoms with Crippen molar-refractivity contribution in [2.45, 2.75) is 30.7 Å². The molecule has 2 rings (SSSR count). The second-order valence-electron chi connectivity index (χ2n) is 4.72. The molecule has 0 aromatic heterocycles. The monoisotopic (exact) mass is 430 g/mol. The van der Waals surface area contributed by atoms with Gasteiger partial charge in [0.2, 0.25) is 10.0 Å². The van der Waals surface area contributed by atoms with Gasteiger partial charge >= 0.3 is 0 Å². The van der Waals surface area contributed by atoms with Gasteiger partial charge in [0.15, 0.2) is 0 Å². The Kier molecular flexibility index (Phi) is 7.20. The van der Waals surface area contributed by atoms with E-state index in [0.717, 1.165) is 29.5 Å². The SMILES string of the molecule is CCCN(C1CCNC1)S(=O)(=O)c1cccc(I)c1.Cl. The summed E-state index contributed by atoms with van der Waals surface area (Å²) in [5.74, 6) is 0. The zero-order valence-electron chi connectivity index (χ0n) is 11.4. The molecule has 0 amide bonds. The van der Waals surface area contributed by atoms with Crippen molar-refractivity contribution in [1.82, 2.24) is 9.62 Å². The van der Waals surface area contributed by atoms with Crippen LogP contribution in [0.3, 0.4) is 0 Å². The largest absolute Gasteiger partial charge is 0.315 e. The molecule has 0 radical (unpaired) electrons. The Labute approximate surface area is 140 Å². The second kappa shape index (κ2) is 7.93. The number of nitrogens with one attached hydrogen (secondary N) is 1. The lowest BCUT2D eigenvalue weighted by Gasteiger charge is -2.27. The Bertz CT molecular complexity index is 533. The molecule has 0 spiro atoms. The molecular weight excluding hydrogens is 411 g/mol. The molecule has 1 atom stereocenters. The fourth-order valence-electron chi connectivity index (χ4n) is 2.37. The molecule has 1 aromatic rings. The number of rotatable bonds is 5. The first kappa shape index (κ1) is 18.2. The summed E-state index contributed by atoms with van der Waals surface area (Å²) in [6.45, 7) is 4.25. The van der Waals surface area contributed by atoms with E-state index < -0.39 is 10.0 Å². The van der Waals surface area contributed by atoms with Gasteiger partial charge in [-0.05, 0) is 60.2 Å². The number of halogens is 2. The molecule has 1 saturated heterocycles. The summed E-state index contributed by atoms with van der Waals surface area (Å²) in [5.41, 5.74) is 0. The standard InChI is InChI=1S/C13H19IN2O2S.ClH/c1-2-8-16(12-6-7-15-10-12)19(17,18)13-5-3-4-11(14)9-13;/h3-5,9,12,15H,2,6-8,10H2,1H3;1H. The van der Waals surface area contributed by atoms with E-state index in [2.05, 4.69) is 27.9 Å². The molecule has 1 fully saturated rings. The van der Waals surface area contributed by atoms with Crippen molar-refractivity contribution in [2.75, 3.05) is 19.6 Å². The first-order chi connectivity index (χ1) is 9.05. The third-order valence-electron chi connectivity index (χ3n) is 3.29. The minimum atomic E-state index is -3.38. The zero-order chi connectivity index (χ0) is 13.9. The summed E-state index contributed by atoms with van der Waals surface area (Å²) in [6, 6.07) is 7.21. The molecule has 1 aromatic carbocycles. The minimum absolute atomic E-state index is 0. The van der Waals surface area contributed by atoms with E-state index in [-0.39, 0.29) is 18.4 Å². The van der Waals surface area contributed by atoms with E-state index in [4.69, 9.17) is 0 Å². The second-order valence-corrected chi connectivity index (χ2v) is 7.86. The van der Waals surface area contributed by atoms with E-state index >= 15 is 0 Å². The molecule has 7 heteroatoms. The van der Waals surface area contributed by atoms with Gasteiger partial charge < -0.3 is 5.32 Å². The third kappa shape index (κ3) is 4.07. The highest BCUT2D eigenvalue weighted by atomic mass is 127. The zero-order valence-corrected chi connectivity index (χ0v) is 15.2. The average Bonchev–Trinajstić information content (AvgIpc) is 2.89. The van der Waals surface area contributed by atoms with E-state index in [1.165, 1.54) is 0 Å². The van der Waals surface area contributed by atoms with Gasteiger partial charge in [-0.15, -0.1) is 12.4 Å². The van der Waals surface area contributed by atoms with Crippen molar-refractivity contribution in [1.29, 1.82) is 0 Å². The van der Waals surface area contributed by atoms with Gasteiger partial charge in [-0.3, -0.25) is 0 Å². The summed E-state index contributed by atoms with van der Waals surface area (Å²) >= 11 is 2.14. The first-order valence-electron chi connectivity index (χ1n) is 6.54. The minimum Gasteiger partial charge on any atom is -0.315 e. The van der Waals surface area contributed by atoms with Gasteiger partial charge in [-0.1, -0.05) is 13.0 Å². The number of benzene rings is 1. The van der Waals surface area contributed by atoms with E-state index in [1.807, 2.05) is 13.0 Å². The molecule has 114 valence electrons. The van der Waals surface area contributed by atoms with Gasteiger partial charge in [-0.25, -0.2) is 8.42 Å². The summed E-state index contributed by atoms with van der Waals surface area (Å²) < 4.78 is 28.1. The average molecular weight is 431 g/mol. The Morgan fingerprint density at radius 2 is 2.20 bits per heavy atom. The van der Waals surface area contributed by atoms with Crippen LogP contribution in [-0.2, 0) is 10.0 Å². The molecule has 0 bridgehead atoms. The smallest absolute Gasteiger partial charge is 0.243 e. The van der Waals surface area contributed by atoms with Crippen LogP contribution < -0.4 is 5.32 Å². The molecule has 1 aliphatic heterocycles. The van der Waals surface area contributed by atoms with Crippen LogP contribution in [0.5, 0.6) is 0 Å². The molecular formula is C13H20ClIN2O2S. The van der Waals surface area contributed by atoms with E-state index in [0.29, 0.717) is 11.4 Å². The number of sulfonamides is 1. The maximum absolute atomic E-state index is 12.8. The van der Waals surface area contributed by atoms with Crippen LogP contribution in [-0.4, -0.2) is 38.4 Å². The Balaban J connectivity index is 0.00000200. The van der Waals surface area contributed by atoms with Crippen LogP contribution in [0.15, 0.2) is 29.2 Å². The Morgan fingerprint density at radius 1 is 1.45 bits per heavy atom. The van der Waals surface area contributed by atoms with Crippen LogP contribution >= 0.6 is 35.0 Å². The lowest BCUT2D eigenvalue weighted by Crippen LogP contribution is -2.42. The maximum Gasteiger partial charge on any atom is 0.243 e. The third-order valence-corrected chi connectivity index (χ3v) is 5.91. The van der Waals surface area contributed by atoms with Crippen molar-refractivity contribution in [2.24, 2.45) is 0 Å². The highest BCUT2D eigenvalue weighted by molar-refractivity contribution is 14.1. The molecule has 1 aliphatic rings. The van der Waals surface area contributed by atoms with Gasteiger partial charge in [0.1, 0.15) is 0 Å².